The minimum atomic E-state index is -0.524. The molecule has 0 radical (unpaired) electrons. The Morgan fingerprint density at radius 3 is 2.64 bits per heavy atom. The van der Waals surface area contributed by atoms with Crippen molar-refractivity contribution in [2.75, 3.05) is 18.6 Å². The summed E-state index contributed by atoms with van der Waals surface area (Å²) in [6.45, 7) is 0.468. The van der Waals surface area contributed by atoms with Crippen molar-refractivity contribution in [2.24, 2.45) is 0 Å². The molecule has 0 atom stereocenters. The fraction of sp³-hybridized carbons (Fsp3) is 0.222. The highest BCUT2D eigenvalue weighted by atomic mass is 16.6. The van der Waals surface area contributed by atoms with E-state index in [1.54, 1.807) is 24.3 Å². The van der Waals surface area contributed by atoms with Crippen LogP contribution in [-0.4, -0.2) is 30.5 Å². The summed E-state index contributed by atoms with van der Waals surface area (Å²) in [7, 11) is 1.27. The molecule has 3 rings (SSSR count). The van der Waals surface area contributed by atoms with Crippen molar-refractivity contribution in [3.05, 3.63) is 69.3 Å². The summed E-state index contributed by atoms with van der Waals surface area (Å²) >= 11 is 0. The number of nitro groups is 1. The van der Waals surface area contributed by atoms with Gasteiger partial charge in [-0.15, -0.1) is 0 Å². The molecule has 7 nitrogen and oxygen atoms in total. The summed E-state index contributed by atoms with van der Waals surface area (Å²) in [5.74, 6) is -0.823. The summed E-state index contributed by atoms with van der Waals surface area (Å²) in [6, 6.07) is 10.8. The van der Waals surface area contributed by atoms with Gasteiger partial charge in [-0.05, 0) is 36.6 Å². The van der Waals surface area contributed by atoms with Gasteiger partial charge in [0.15, 0.2) is 0 Å². The molecule has 25 heavy (non-hydrogen) atoms. The van der Waals surface area contributed by atoms with E-state index in [9.17, 15) is 19.7 Å². The molecule has 0 saturated carbocycles. The number of ether oxygens (including phenoxy) is 1. The van der Waals surface area contributed by atoms with Crippen LogP contribution < -0.4 is 4.90 Å². The van der Waals surface area contributed by atoms with Crippen LogP contribution in [0.15, 0.2) is 42.5 Å². The van der Waals surface area contributed by atoms with Gasteiger partial charge in [-0.3, -0.25) is 14.9 Å². The van der Waals surface area contributed by atoms with Crippen LogP contribution in [0.1, 0.15) is 32.7 Å². The van der Waals surface area contributed by atoms with Crippen LogP contribution in [-0.2, 0) is 11.2 Å². The van der Waals surface area contributed by atoms with E-state index in [0.717, 1.165) is 18.4 Å². The van der Waals surface area contributed by atoms with Crippen LogP contribution in [0.4, 0.5) is 11.4 Å². The van der Waals surface area contributed by atoms with Gasteiger partial charge in [0.05, 0.1) is 23.3 Å². The quantitative estimate of drug-likeness (QED) is 0.487. The zero-order valence-corrected chi connectivity index (χ0v) is 13.6. The van der Waals surface area contributed by atoms with Gasteiger partial charge >= 0.3 is 5.97 Å². The molecule has 128 valence electrons. The number of hydrogen-bond acceptors (Lipinski definition) is 5. The number of carbonyl (C=O) groups excluding carboxylic acids is 2. The Morgan fingerprint density at radius 1 is 1.16 bits per heavy atom. The average molecular weight is 340 g/mol. The second kappa shape index (κ2) is 6.72. The second-order valence-corrected chi connectivity index (χ2v) is 5.70. The number of nitrogens with zero attached hydrogens (tertiary/aromatic N) is 2. The number of amides is 1. The monoisotopic (exact) mass is 340 g/mol. The Bertz CT molecular complexity index is 862. The van der Waals surface area contributed by atoms with E-state index in [2.05, 4.69) is 4.74 Å². The third kappa shape index (κ3) is 3.21. The molecule has 0 N–H and O–H groups in total. The number of rotatable bonds is 3. The van der Waals surface area contributed by atoms with Crippen molar-refractivity contribution in [1.82, 2.24) is 0 Å². The highest BCUT2D eigenvalue weighted by Gasteiger charge is 2.26. The molecule has 0 unspecified atom stereocenters. The Hall–Kier alpha value is -3.22. The lowest BCUT2D eigenvalue weighted by molar-refractivity contribution is -0.384. The smallest absolute Gasteiger partial charge is 0.337 e. The maximum atomic E-state index is 12.9. The highest BCUT2D eigenvalue weighted by Crippen LogP contribution is 2.32. The highest BCUT2D eigenvalue weighted by molar-refractivity contribution is 6.08. The molecule has 1 amide bonds. The molecule has 1 aliphatic rings. The molecule has 2 aromatic rings. The molecule has 0 saturated heterocycles. The molecule has 0 aliphatic carbocycles. The van der Waals surface area contributed by atoms with Crippen molar-refractivity contribution in [3.63, 3.8) is 0 Å². The number of fused-ring (bicyclic) bond motifs is 1. The van der Waals surface area contributed by atoms with Crippen LogP contribution in [0.5, 0.6) is 0 Å². The molecular formula is C18H16N2O5. The molecule has 0 fully saturated rings. The molecular weight excluding hydrogens is 324 g/mol. The Morgan fingerprint density at radius 2 is 1.92 bits per heavy atom. The van der Waals surface area contributed by atoms with Crippen molar-refractivity contribution in [1.29, 1.82) is 0 Å². The normalized spacial score (nSPS) is 13.1. The van der Waals surface area contributed by atoms with E-state index in [-0.39, 0.29) is 17.2 Å². The van der Waals surface area contributed by atoms with Crippen LogP contribution in [0.2, 0.25) is 0 Å². The van der Waals surface area contributed by atoms with Gasteiger partial charge in [0.25, 0.3) is 11.6 Å². The third-order valence-electron chi connectivity index (χ3n) is 4.17. The van der Waals surface area contributed by atoms with Gasteiger partial charge in [-0.2, -0.15) is 0 Å². The number of aryl methyl sites for hydroxylation is 1. The van der Waals surface area contributed by atoms with Gasteiger partial charge in [0.2, 0.25) is 0 Å². The van der Waals surface area contributed by atoms with Crippen molar-refractivity contribution in [3.8, 4) is 0 Å². The second-order valence-electron chi connectivity index (χ2n) is 5.70. The van der Waals surface area contributed by atoms with E-state index in [1.807, 2.05) is 0 Å². The summed E-state index contributed by atoms with van der Waals surface area (Å²) < 4.78 is 4.68. The maximum absolute atomic E-state index is 12.9. The van der Waals surface area contributed by atoms with Gasteiger partial charge in [0, 0.05) is 24.2 Å². The fourth-order valence-corrected chi connectivity index (χ4v) is 2.94. The summed E-state index contributed by atoms with van der Waals surface area (Å²) in [4.78, 5) is 36.7. The third-order valence-corrected chi connectivity index (χ3v) is 4.17. The molecule has 1 aliphatic heterocycles. The summed E-state index contributed by atoms with van der Waals surface area (Å²) in [6.07, 6.45) is 1.53. The molecule has 0 spiro atoms. The zero-order chi connectivity index (χ0) is 18.0. The summed E-state index contributed by atoms with van der Waals surface area (Å²) in [5, 5.41) is 11.0. The number of nitro benzene ring substituents is 1. The largest absolute Gasteiger partial charge is 0.465 e. The number of non-ortho nitro benzene ring substituents is 1. The predicted molar refractivity (Wildman–Crippen MR) is 90.9 cm³/mol. The Balaban J connectivity index is 1.98. The van der Waals surface area contributed by atoms with Gasteiger partial charge in [-0.1, -0.05) is 12.1 Å². The molecule has 2 aromatic carbocycles. The standard InChI is InChI=1S/C18H16N2O5/c1-25-18(22)14-5-2-4-13(10-14)17(21)19-9-3-6-12-7-8-15(20(23)24)11-16(12)19/h2,4-5,7-8,10-11H,3,6,9H2,1H3. The number of carbonyl (C=O) groups is 2. The van der Waals surface area contributed by atoms with E-state index in [4.69, 9.17) is 0 Å². The van der Waals surface area contributed by atoms with E-state index < -0.39 is 10.9 Å². The first-order valence-electron chi connectivity index (χ1n) is 7.79. The molecule has 0 aromatic heterocycles. The number of methoxy groups -OCH3 is 1. The Labute approximate surface area is 144 Å². The topological polar surface area (TPSA) is 89.8 Å². The van der Waals surface area contributed by atoms with Crippen molar-refractivity contribution in [2.45, 2.75) is 12.8 Å². The lowest BCUT2D eigenvalue weighted by Gasteiger charge is -2.29. The number of esters is 1. The average Bonchev–Trinajstić information content (AvgIpc) is 2.65. The molecule has 7 heteroatoms. The van der Waals surface area contributed by atoms with Crippen molar-refractivity contribution >= 4 is 23.3 Å². The van der Waals surface area contributed by atoms with E-state index >= 15 is 0 Å². The first kappa shape index (κ1) is 16.6. The van der Waals surface area contributed by atoms with Crippen LogP contribution in [0, 0.1) is 10.1 Å². The molecule has 1 heterocycles. The van der Waals surface area contributed by atoms with Gasteiger partial charge in [0.1, 0.15) is 0 Å². The maximum Gasteiger partial charge on any atom is 0.337 e. The zero-order valence-electron chi connectivity index (χ0n) is 13.6. The molecule has 0 bridgehead atoms. The number of hydrogen-bond donors (Lipinski definition) is 0. The lowest BCUT2D eigenvalue weighted by Crippen LogP contribution is -2.35. The fourth-order valence-electron chi connectivity index (χ4n) is 2.94. The van der Waals surface area contributed by atoms with Gasteiger partial charge < -0.3 is 9.64 Å². The van der Waals surface area contributed by atoms with Gasteiger partial charge in [-0.25, -0.2) is 4.79 Å². The van der Waals surface area contributed by atoms with Crippen molar-refractivity contribution < 1.29 is 19.2 Å². The minimum absolute atomic E-state index is 0.0539. The number of anilines is 1. The Kier molecular flexibility index (Phi) is 4.47. The lowest BCUT2D eigenvalue weighted by atomic mass is 9.99. The van der Waals surface area contributed by atoms with Crippen LogP contribution in [0.3, 0.4) is 0 Å². The number of benzene rings is 2. The van der Waals surface area contributed by atoms with E-state index in [0.29, 0.717) is 17.8 Å². The predicted octanol–water partition coefficient (Wildman–Crippen LogP) is 2.97. The van der Waals surface area contributed by atoms with Crippen LogP contribution in [0.25, 0.3) is 0 Å². The first-order chi connectivity index (χ1) is 12.0. The summed E-state index contributed by atoms with van der Waals surface area (Å²) in [5.41, 5.74) is 2.01. The van der Waals surface area contributed by atoms with E-state index in [1.165, 1.54) is 30.2 Å². The SMILES string of the molecule is COC(=O)c1cccc(C(=O)N2CCCc3ccc([N+](=O)[O-])cc32)c1. The first-order valence-corrected chi connectivity index (χ1v) is 7.79. The minimum Gasteiger partial charge on any atom is -0.465 e. The van der Waals surface area contributed by atoms with Crippen LogP contribution >= 0.6 is 0 Å².